The zero-order valence-electron chi connectivity index (χ0n) is 14.0. The van der Waals surface area contributed by atoms with E-state index >= 15 is 0 Å². The van der Waals surface area contributed by atoms with E-state index in [9.17, 15) is 9.90 Å². The first kappa shape index (κ1) is 15.9. The quantitative estimate of drug-likeness (QED) is 0.793. The Hall–Kier alpha value is -0.650. The average Bonchev–Trinajstić information content (AvgIpc) is 2.95. The maximum atomic E-state index is 12.1. The van der Waals surface area contributed by atoms with E-state index in [4.69, 9.17) is 4.74 Å². The van der Waals surface area contributed by atoms with Gasteiger partial charge in [-0.25, -0.2) is 0 Å². The van der Waals surface area contributed by atoms with Crippen LogP contribution < -0.4 is 5.32 Å². The molecule has 2 heterocycles. The number of carbonyl (C=O) groups excluding carboxylic acids is 1. The molecule has 2 unspecified atom stereocenters. The molecule has 2 saturated carbocycles. The van der Waals surface area contributed by atoms with Crippen LogP contribution in [-0.4, -0.2) is 60.9 Å². The van der Waals surface area contributed by atoms with Crippen molar-refractivity contribution in [1.29, 1.82) is 0 Å². The molecule has 23 heavy (non-hydrogen) atoms. The Labute approximate surface area is 138 Å². The first-order chi connectivity index (χ1) is 11.1. The number of piperidine rings is 1. The molecule has 0 spiro atoms. The number of β-amino-alcohol motifs (C(OH)–C–C–N with tert-alkyl or cyclic N) is 1. The van der Waals surface area contributed by atoms with Crippen LogP contribution in [0.25, 0.3) is 0 Å². The van der Waals surface area contributed by atoms with Crippen molar-refractivity contribution in [3.8, 4) is 0 Å². The van der Waals surface area contributed by atoms with Gasteiger partial charge in [-0.1, -0.05) is 12.8 Å². The van der Waals surface area contributed by atoms with Crippen LogP contribution in [0, 0.1) is 23.7 Å². The molecule has 4 aliphatic rings. The van der Waals surface area contributed by atoms with Gasteiger partial charge in [-0.15, -0.1) is 0 Å². The molecule has 2 saturated heterocycles. The fraction of sp³-hybridized carbons (Fsp3) is 0.944. The summed E-state index contributed by atoms with van der Waals surface area (Å²) in [4.78, 5) is 14.5. The van der Waals surface area contributed by atoms with Crippen molar-refractivity contribution < 1.29 is 14.6 Å². The lowest BCUT2D eigenvalue weighted by Crippen LogP contribution is -2.47. The molecule has 2 N–H and O–H groups in total. The fourth-order valence-electron chi connectivity index (χ4n) is 5.05. The summed E-state index contributed by atoms with van der Waals surface area (Å²) < 4.78 is 5.35. The second-order valence-electron chi connectivity index (χ2n) is 8.25. The second-order valence-corrected chi connectivity index (χ2v) is 8.25. The highest BCUT2D eigenvalue weighted by Gasteiger charge is 2.56. The van der Waals surface area contributed by atoms with Crippen LogP contribution in [0.5, 0.6) is 0 Å². The number of hydrogen-bond acceptors (Lipinski definition) is 4. The van der Waals surface area contributed by atoms with E-state index in [1.807, 2.05) is 0 Å². The number of amides is 1. The van der Waals surface area contributed by atoms with E-state index in [1.165, 1.54) is 12.8 Å². The number of nitrogens with one attached hydrogen (secondary N) is 1. The van der Waals surface area contributed by atoms with Gasteiger partial charge in [0.05, 0.1) is 5.60 Å². The van der Waals surface area contributed by atoms with E-state index in [-0.39, 0.29) is 5.92 Å². The summed E-state index contributed by atoms with van der Waals surface area (Å²) in [6.45, 7) is 5.23. The molecule has 4 rings (SSSR count). The lowest BCUT2D eigenvalue weighted by Gasteiger charge is -2.36. The zero-order chi connectivity index (χ0) is 15.9. The van der Waals surface area contributed by atoms with Gasteiger partial charge in [0.15, 0.2) is 0 Å². The Kier molecular flexibility index (Phi) is 4.37. The van der Waals surface area contributed by atoms with Crippen LogP contribution in [0.15, 0.2) is 0 Å². The summed E-state index contributed by atoms with van der Waals surface area (Å²) in [6.07, 6.45) is 6.13. The predicted molar refractivity (Wildman–Crippen MR) is 86.9 cm³/mol. The van der Waals surface area contributed by atoms with Crippen molar-refractivity contribution in [1.82, 2.24) is 10.2 Å². The molecule has 0 bridgehead atoms. The topological polar surface area (TPSA) is 61.8 Å². The summed E-state index contributed by atoms with van der Waals surface area (Å²) in [5.41, 5.74) is -0.540. The zero-order valence-corrected chi connectivity index (χ0v) is 14.0. The minimum atomic E-state index is -0.540. The average molecular weight is 322 g/mol. The van der Waals surface area contributed by atoms with Gasteiger partial charge < -0.3 is 15.2 Å². The minimum absolute atomic E-state index is 0.285. The van der Waals surface area contributed by atoms with Crippen LogP contribution >= 0.6 is 0 Å². The van der Waals surface area contributed by atoms with Crippen LogP contribution in [-0.2, 0) is 9.53 Å². The largest absolute Gasteiger partial charge is 0.388 e. The van der Waals surface area contributed by atoms with Gasteiger partial charge in [0.2, 0.25) is 5.91 Å². The highest BCUT2D eigenvalue weighted by molar-refractivity contribution is 5.78. The number of ether oxygens (including phenoxy) is 1. The van der Waals surface area contributed by atoms with Crippen LogP contribution in [0.4, 0.5) is 0 Å². The number of rotatable bonds is 5. The van der Waals surface area contributed by atoms with Gasteiger partial charge in [-0.2, -0.15) is 0 Å². The minimum Gasteiger partial charge on any atom is -0.388 e. The predicted octanol–water partition coefficient (Wildman–Crippen LogP) is 1.01. The van der Waals surface area contributed by atoms with E-state index < -0.39 is 5.60 Å². The van der Waals surface area contributed by atoms with Crippen molar-refractivity contribution in [3.63, 3.8) is 0 Å². The highest BCUT2D eigenvalue weighted by atomic mass is 16.5. The molecule has 5 nitrogen and oxygen atoms in total. The van der Waals surface area contributed by atoms with Gasteiger partial charge >= 0.3 is 0 Å². The second kappa shape index (κ2) is 6.34. The number of fused-ring (bicyclic) bond motifs is 1. The lowest BCUT2D eigenvalue weighted by molar-refractivity contribution is -0.124. The summed E-state index contributed by atoms with van der Waals surface area (Å²) in [6, 6.07) is 0. The molecule has 4 fully saturated rings. The number of nitrogens with zero attached hydrogens (tertiary/aromatic N) is 1. The highest BCUT2D eigenvalue weighted by Crippen LogP contribution is 2.51. The maximum absolute atomic E-state index is 12.1. The molecule has 2 aliphatic heterocycles. The molecular weight excluding hydrogens is 292 g/mol. The Morgan fingerprint density at radius 1 is 1.17 bits per heavy atom. The van der Waals surface area contributed by atoms with Crippen molar-refractivity contribution >= 4 is 5.91 Å². The van der Waals surface area contributed by atoms with Crippen LogP contribution in [0.2, 0.25) is 0 Å². The SMILES string of the molecule is O=C(NCC1C2CN(CC3(O)CCOCC3)CC12)C1CCCC1. The van der Waals surface area contributed by atoms with Gasteiger partial charge in [-0.05, 0) is 30.6 Å². The molecule has 2 aliphatic carbocycles. The third-order valence-electron chi connectivity index (χ3n) is 6.63. The smallest absolute Gasteiger partial charge is 0.223 e. The van der Waals surface area contributed by atoms with Gasteiger partial charge in [0.25, 0.3) is 0 Å². The van der Waals surface area contributed by atoms with Gasteiger partial charge in [0.1, 0.15) is 0 Å². The van der Waals surface area contributed by atoms with Crippen LogP contribution in [0.1, 0.15) is 38.5 Å². The Bertz CT molecular complexity index is 432. The summed E-state index contributed by atoms with van der Waals surface area (Å²) in [5, 5.41) is 13.8. The summed E-state index contributed by atoms with van der Waals surface area (Å²) >= 11 is 0. The number of likely N-dealkylation sites (tertiary alicyclic amines) is 1. The normalized spacial score (nSPS) is 36.8. The molecule has 2 atom stereocenters. The van der Waals surface area contributed by atoms with Crippen molar-refractivity contribution in [3.05, 3.63) is 0 Å². The maximum Gasteiger partial charge on any atom is 0.223 e. The molecule has 1 amide bonds. The van der Waals surface area contributed by atoms with Crippen LogP contribution in [0.3, 0.4) is 0 Å². The third-order valence-corrected chi connectivity index (χ3v) is 6.63. The first-order valence-electron chi connectivity index (χ1n) is 9.45. The number of hydrogen-bond donors (Lipinski definition) is 2. The molecule has 130 valence electrons. The number of aliphatic hydroxyl groups is 1. The van der Waals surface area contributed by atoms with Crippen molar-refractivity contribution in [2.45, 2.75) is 44.1 Å². The van der Waals surface area contributed by atoms with E-state index in [0.717, 1.165) is 63.7 Å². The number of carbonyl (C=O) groups is 1. The van der Waals surface area contributed by atoms with E-state index in [2.05, 4.69) is 10.2 Å². The first-order valence-corrected chi connectivity index (χ1v) is 9.45. The Morgan fingerprint density at radius 3 is 2.48 bits per heavy atom. The monoisotopic (exact) mass is 322 g/mol. The van der Waals surface area contributed by atoms with Gasteiger partial charge in [0, 0.05) is 58.2 Å². The molecule has 0 aromatic carbocycles. The molecule has 0 aromatic heterocycles. The standard InChI is InChI=1S/C18H30N2O3/c21-17(13-3-1-2-4-13)19-9-14-15-10-20(11-16(14)15)12-18(22)5-7-23-8-6-18/h13-16,22H,1-12H2,(H,19,21). The lowest BCUT2D eigenvalue weighted by atomic mass is 9.93. The fourth-order valence-corrected chi connectivity index (χ4v) is 5.05. The Morgan fingerprint density at radius 2 is 1.83 bits per heavy atom. The van der Waals surface area contributed by atoms with Gasteiger partial charge in [-0.3, -0.25) is 9.69 Å². The summed E-state index contributed by atoms with van der Waals surface area (Å²) in [5.74, 6) is 2.74. The van der Waals surface area contributed by atoms with E-state index in [1.54, 1.807) is 0 Å². The van der Waals surface area contributed by atoms with E-state index in [0.29, 0.717) is 25.0 Å². The van der Waals surface area contributed by atoms with Crippen molar-refractivity contribution in [2.75, 3.05) is 39.4 Å². The van der Waals surface area contributed by atoms with Crippen molar-refractivity contribution in [2.24, 2.45) is 23.7 Å². The molecule has 0 radical (unpaired) electrons. The molecule has 5 heteroatoms. The third kappa shape index (κ3) is 3.42. The summed E-state index contributed by atoms with van der Waals surface area (Å²) in [7, 11) is 0. The molecule has 0 aromatic rings. The molecular formula is C18H30N2O3. The Balaban J connectivity index is 1.17.